The second-order valence-corrected chi connectivity index (χ2v) is 7.61. The highest BCUT2D eigenvalue weighted by Gasteiger charge is 2.22. The third-order valence-electron chi connectivity index (χ3n) is 4.19. The van der Waals surface area contributed by atoms with Crippen molar-refractivity contribution in [2.45, 2.75) is 45.7 Å². The number of thiophene rings is 1. The lowest BCUT2D eigenvalue weighted by Crippen LogP contribution is -2.88. The Morgan fingerprint density at radius 3 is 2.52 bits per heavy atom. The lowest BCUT2D eigenvalue weighted by Gasteiger charge is -2.24. The first-order valence-electron chi connectivity index (χ1n) is 8.15. The number of carbonyl (C=O) groups is 1. The predicted molar refractivity (Wildman–Crippen MR) is 96.6 cm³/mol. The van der Waals surface area contributed by atoms with Crippen LogP contribution in [0, 0.1) is 6.92 Å². The Kier molecular flexibility index (Phi) is 5.97. The molecule has 0 bridgehead atoms. The fourth-order valence-corrected chi connectivity index (χ4v) is 3.25. The SMILES string of the molecule is CCC(C)(C)NC(=O)C[NH2+][C@H](c1ccc(C)cc1)c1cccs1. The van der Waals surface area contributed by atoms with Crippen molar-refractivity contribution < 1.29 is 10.1 Å². The number of hydrogen-bond donors (Lipinski definition) is 2. The second kappa shape index (κ2) is 7.75. The average molecular weight is 332 g/mol. The van der Waals surface area contributed by atoms with Gasteiger partial charge < -0.3 is 10.6 Å². The van der Waals surface area contributed by atoms with Crippen LogP contribution in [0.1, 0.15) is 49.2 Å². The Morgan fingerprint density at radius 2 is 1.96 bits per heavy atom. The minimum absolute atomic E-state index is 0.0884. The van der Waals surface area contributed by atoms with E-state index in [1.54, 1.807) is 11.3 Å². The van der Waals surface area contributed by atoms with E-state index in [-0.39, 0.29) is 17.5 Å². The lowest BCUT2D eigenvalue weighted by atomic mass is 10.0. The summed E-state index contributed by atoms with van der Waals surface area (Å²) in [5.41, 5.74) is 2.34. The molecule has 4 heteroatoms. The molecule has 3 N–H and O–H groups in total. The van der Waals surface area contributed by atoms with Gasteiger partial charge in [-0.3, -0.25) is 4.79 Å². The van der Waals surface area contributed by atoms with E-state index in [0.717, 1.165) is 6.42 Å². The van der Waals surface area contributed by atoms with Crippen LogP contribution in [0.2, 0.25) is 0 Å². The zero-order chi connectivity index (χ0) is 16.9. The Labute approximate surface area is 143 Å². The fraction of sp³-hybridized carbons (Fsp3) is 0.421. The number of nitrogens with one attached hydrogen (secondary N) is 1. The number of quaternary nitrogens is 1. The summed E-state index contributed by atoms with van der Waals surface area (Å²) in [6.07, 6.45) is 0.922. The van der Waals surface area contributed by atoms with Gasteiger partial charge in [0.15, 0.2) is 6.54 Å². The van der Waals surface area contributed by atoms with Crippen molar-refractivity contribution in [1.82, 2.24) is 5.32 Å². The molecule has 23 heavy (non-hydrogen) atoms. The number of benzene rings is 1. The zero-order valence-corrected chi connectivity index (χ0v) is 15.2. The minimum Gasteiger partial charge on any atom is -0.346 e. The highest BCUT2D eigenvalue weighted by molar-refractivity contribution is 7.10. The van der Waals surface area contributed by atoms with Crippen molar-refractivity contribution >= 4 is 17.2 Å². The van der Waals surface area contributed by atoms with Gasteiger partial charge >= 0.3 is 0 Å². The quantitative estimate of drug-likeness (QED) is 0.805. The van der Waals surface area contributed by atoms with Gasteiger partial charge in [-0.25, -0.2) is 0 Å². The summed E-state index contributed by atoms with van der Waals surface area (Å²) in [4.78, 5) is 13.5. The monoisotopic (exact) mass is 331 g/mol. The van der Waals surface area contributed by atoms with Crippen molar-refractivity contribution in [3.05, 3.63) is 57.8 Å². The van der Waals surface area contributed by atoms with Crippen LogP contribution in [0.4, 0.5) is 0 Å². The summed E-state index contributed by atoms with van der Waals surface area (Å²) in [5, 5.41) is 7.31. The van der Waals surface area contributed by atoms with Crippen LogP contribution in [-0.2, 0) is 4.79 Å². The molecule has 0 saturated heterocycles. The van der Waals surface area contributed by atoms with Crippen molar-refractivity contribution in [3.8, 4) is 0 Å². The highest BCUT2D eigenvalue weighted by atomic mass is 32.1. The molecule has 2 aromatic rings. The number of hydrogen-bond acceptors (Lipinski definition) is 2. The maximum Gasteiger partial charge on any atom is 0.275 e. The summed E-state index contributed by atoms with van der Waals surface area (Å²) < 4.78 is 0. The molecule has 124 valence electrons. The van der Waals surface area contributed by atoms with E-state index in [4.69, 9.17) is 0 Å². The van der Waals surface area contributed by atoms with E-state index < -0.39 is 0 Å². The Bertz CT molecular complexity index is 617. The summed E-state index contributed by atoms with van der Waals surface area (Å²) in [6.45, 7) is 8.72. The van der Waals surface area contributed by atoms with Gasteiger partial charge in [-0.1, -0.05) is 42.8 Å². The molecule has 1 aromatic heterocycles. The molecule has 0 aliphatic heterocycles. The average Bonchev–Trinajstić information content (AvgIpc) is 3.03. The van der Waals surface area contributed by atoms with Crippen LogP contribution in [0.15, 0.2) is 41.8 Å². The lowest BCUT2D eigenvalue weighted by molar-refractivity contribution is -0.676. The standard InChI is InChI=1S/C19H26N2OS/c1-5-19(3,4)21-17(22)13-20-18(16-7-6-12-23-16)15-10-8-14(2)9-11-15/h6-12,18,20H,5,13H2,1-4H3,(H,21,22)/p+1/t18-/m1/s1. The fourth-order valence-electron chi connectivity index (χ4n) is 2.40. The van der Waals surface area contributed by atoms with E-state index in [2.05, 4.69) is 80.1 Å². The Balaban J connectivity index is 2.07. The summed E-state index contributed by atoms with van der Waals surface area (Å²) in [5.74, 6) is 0.0884. The number of nitrogens with two attached hydrogens (primary N) is 1. The van der Waals surface area contributed by atoms with Gasteiger partial charge in [0.2, 0.25) is 0 Å². The molecule has 3 nitrogen and oxygen atoms in total. The Hall–Kier alpha value is -1.65. The van der Waals surface area contributed by atoms with Gasteiger partial charge in [-0.05, 0) is 38.6 Å². The van der Waals surface area contributed by atoms with Crippen LogP contribution >= 0.6 is 11.3 Å². The van der Waals surface area contributed by atoms with Gasteiger partial charge in [0, 0.05) is 11.1 Å². The number of aryl methyl sites for hydroxylation is 1. The van der Waals surface area contributed by atoms with Crippen molar-refractivity contribution in [2.75, 3.05) is 6.54 Å². The highest BCUT2D eigenvalue weighted by Crippen LogP contribution is 2.22. The van der Waals surface area contributed by atoms with Gasteiger partial charge in [0.05, 0.1) is 4.88 Å². The number of rotatable bonds is 7. The van der Waals surface area contributed by atoms with Crippen molar-refractivity contribution in [2.24, 2.45) is 0 Å². The molecule has 0 radical (unpaired) electrons. The van der Waals surface area contributed by atoms with Crippen molar-refractivity contribution in [1.29, 1.82) is 0 Å². The van der Waals surface area contributed by atoms with E-state index in [9.17, 15) is 4.79 Å². The third-order valence-corrected chi connectivity index (χ3v) is 5.14. The Morgan fingerprint density at radius 1 is 1.26 bits per heavy atom. The molecule has 0 fully saturated rings. The first kappa shape index (κ1) is 17.7. The smallest absolute Gasteiger partial charge is 0.275 e. The van der Waals surface area contributed by atoms with Gasteiger partial charge in [0.25, 0.3) is 5.91 Å². The number of carbonyl (C=O) groups excluding carboxylic acids is 1. The zero-order valence-electron chi connectivity index (χ0n) is 14.4. The van der Waals surface area contributed by atoms with Crippen LogP contribution < -0.4 is 10.6 Å². The molecule has 0 aliphatic rings. The van der Waals surface area contributed by atoms with Gasteiger partial charge in [-0.2, -0.15) is 0 Å². The first-order valence-corrected chi connectivity index (χ1v) is 9.03. The van der Waals surface area contributed by atoms with Crippen LogP contribution in [0.5, 0.6) is 0 Å². The van der Waals surface area contributed by atoms with Crippen LogP contribution in [0.3, 0.4) is 0 Å². The summed E-state index contributed by atoms with van der Waals surface area (Å²) >= 11 is 1.74. The maximum atomic E-state index is 12.2. The third kappa shape index (κ3) is 5.19. The molecule has 1 aromatic carbocycles. The first-order chi connectivity index (χ1) is 10.9. The molecule has 0 unspecified atom stereocenters. The van der Waals surface area contributed by atoms with E-state index >= 15 is 0 Å². The molecule has 1 amide bonds. The minimum atomic E-state index is -0.146. The largest absolute Gasteiger partial charge is 0.346 e. The molecule has 0 spiro atoms. The molecule has 0 saturated carbocycles. The number of amides is 1. The molecular formula is C19H27N2OS+. The molecule has 1 heterocycles. The molecular weight excluding hydrogens is 304 g/mol. The summed E-state index contributed by atoms with van der Waals surface area (Å²) in [6, 6.07) is 12.9. The van der Waals surface area contributed by atoms with E-state index in [1.807, 2.05) is 0 Å². The molecule has 1 atom stereocenters. The van der Waals surface area contributed by atoms with Crippen LogP contribution in [-0.4, -0.2) is 18.0 Å². The van der Waals surface area contributed by atoms with Gasteiger partial charge in [0.1, 0.15) is 6.04 Å². The van der Waals surface area contributed by atoms with Crippen LogP contribution in [0.25, 0.3) is 0 Å². The van der Waals surface area contributed by atoms with E-state index in [0.29, 0.717) is 6.54 Å². The van der Waals surface area contributed by atoms with Crippen molar-refractivity contribution in [3.63, 3.8) is 0 Å². The predicted octanol–water partition coefficient (Wildman–Crippen LogP) is 3.01. The van der Waals surface area contributed by atoms with E-state index in [1.165, 1.54) is 16.0 Å². The molecule has 2 rings (SSSR count). The maximum absolute atomic E-state index is 12.2. The molecule has 0 aliphatic carbocycles. The second-order valence-electron chi connectivity index (χ2n) is 6.63. The topological polar surface area (TPSA) is 45.7 Å². The normalized spacial score (nSPS) is 12.9. The summed E-state index contributed by atoms with van der Waals surface area (Å²) in [7, 11) is 0. The van der Waals surface area contributed by atoms with Gasteiger partial charge in [-0.15, -0.1) is 11.3 Å².